The van der Waals surface area contributed by atoms with Crippen molar-refractivity contribution in [1.82, 2.24) is 10.2 Å². The molecule has 0 bridgehead atoms. The normalized spacial score (nSPS) is 19.3. The predicted molar refractivity (Wildman–Crippen MR) is 86.8 cm³/mol. The highest BCUT2D eigenvalue weighted by atomic mass is 16.5. The number of aliphatic imine (C=N–C) groups is 1. The monoisotopic (exact) mass is 314 g/mol. The summed E-state index contributed by atoms with van der Waals surface area (Å²) >= 11 is 0. The lowest BCUT2D eigenvalue weighted by Crippen LogP contribution is -2.47. The molecule has 0 aromatic rings. The van der Waals surface area contributed by atoms with Gasteiger partial charge in [0.1, 0.15) is 0 Å². The van der Waals surface area contributed by atoms with Gasteiger partial charge < -0.3 is 25.4 Å². The van der Waals surface area contributed by atoms with Crippen molar-refractivity contribution in [3.05, 3.63) is 0 Å². The molecule has 0 aliphatic carbocycles. The Bertz CT molecular complexity index is 350. The lowest BCUT2D eigenvalue weighted by molar-refractivity contribution is -0.119. The molecule has 0 spiro atoms. The van der Waals surface area contributed by atoms with Crippen molar-refractivity contribution in [2.45, 2.75) is 26.2 Å². The van der Waals surface area contributed by atoms with Crippen LogP contribution in [0.1, 0.15) is 26.2 Å². The first kappa shape index (κ1) is 18.7. The lowest BCUT2D eigenvalue weighted by atomic mass is 9.95. The third kappa shape index (κ3) is 7.61. The summed E-state index contributed by atoms with van der Waals surface area (Å²) in [7, 11) is 1.66. The fourth-order valence-electron chi connectivity index (χ4n) is 2.59. The zero-order valence-corrected chi connectivity index (χ0v) is 13.8. The van der Waals surface area contributed by atoms with Crippen LogP contribution < -0.4 is 11.1 Å². The Morgan fingerprint density at radius 1 is 1.41 bits per heavy atom. The molecule has 7 nitrogen and oxygen atoms in total. The first-order valence-corrected chi connectivity index (χ1v) is 8.05. The standard InChI is InChI=1S/C15H30N4O3/c1-3-17-15(18-6-8-22-10-9-21-2)19-7-4-5-13(12-19)11-14(16)20/h13H,3-12H2,1-2H3,(H2,16,20)(H,17,18). The molecule has 1 aliphatic heterocycles. The fraction of sp³-hybridized carbons (Fsp3) is 0.867. The quantitative estimate of drug-likeness (QED) is 0.361. The van der Waals surface area contributed by atoms with Crippen LogP contribution in [0.15, 0.2) is 4.99 Å². The topological polar surface area (TPSA) is 89.2 Å². The van der Waals surface area contributed by atoms with E-state index in [0.29, 0.717) is 38.7 Å². The highest BCUT2D eigenvalue weighted by molar-refractivity contribution is 5.80. The third-order valence-electron chi connectivity index (χ3n) is 3.57. The van der Waals surface area contributed by atoms with E-state index in [2.05, 4.69) is 22.1 Å². The Balaban J connectivity index is 2.44. The van der Waals surface area contributed by atoms with Gasteiger partial charge in [0.15, 0.2) is 5.96 Å². The summed E-state index contributed by atoms with van der Waals surface area (Å²) in [6.07, 6.45) is 2.57. The smallest absolute Gasteiger partial charge is 0.217 e. The minimum absolute atomic E-state index is 0.222. The Labute approximate surface area is 133 Å². The predicted octanol–water partition coefficient (Wildman–Crippen LogP) is 0.202. The number of amides is 1. The highest BCUT2D eigenvalue weighted by Crippen LogP contribution is 2.19. The Hall–Kier alpha value is -1.34. The van der Waals surface area contributed by atoms with Gasteiger partial charge in [-0.05, 0) is 25.7 Å². The number of carbonyl (C=O) groups is 1. The third-order valence-corrected chi connectivity index (χ3v) is 3.57. The van der Waals surface area contributed by atoms with Crippen LogP contribution in [0.2, 0.25) is 0 Å². The molecular formula is C15H30N4O3. The molecule has 0 radical (unpaired) electrons. The number of hydrogen-bond acceptors (Lipinski definition) is 4. The Morgan fingerprint density at radius 2 is 2.23 bits per heavy atom. The number of nitrogens with one attached hydrogen (secondary N) is 1. The zero-order valence-electron chi connectivity index (χ0n) is 13.8. The van der Waals surface area contributed by atoms with E-state index in [1.807, 2.05) is 0 Å². The molecule has 1 atom stereocenters. The van der Waals surface area contributed by atoms with Crippen LogP contribution in [0.3, 0.4) is 0 Å². The van der Waals surface area contributed by atoms with Gasteiger partial charge in [-0.2, -0.15) is 0 Å². The van der Waals surface area contributed by atoms with Crippen molar-refractivity contribution >= 4 is 11.9 Å². The molecule has 0 aromatic heterocycles. The van der Waals surface area contributed by atoms with E-state index in [0.717, 1.165) is 38.4 Å². The van der Waals surface area contributed by atoms with E-state index in [1.165, 1.54) is 0 Å². The van der Waals surface area contributed by atoms with Crippen molar-refractivity contribution < 1.29 is 14.3 Å². The first-order valence-electron chi connectivity index (χ1n) is 8.05. The van der Waals surface area contributed by atoms with Crippen LogP contribution in [0.25, 0.3) is 0 Å². The van der Waals surface area contributed by atoms with Gasteiger partial charge in [0.25, 0.3) is 0 Å². The van der Waals surface area contributed by atoms with Crippen LogP contribution in [-0.4, -0.2) is 69.9 Å². The van der Waals surface area contributed by atoms with Crippen molar-refractivity contribution in [2.24, 2.45) is 16.6 Å². The van der Waals surface area contributed by atoms with Crippen LogP contribution in [-0.2, 0) is 14.3 Å². The molecule has 7 heteroatoms. The van der Waals surface area contributed by atoms with Crippen LogP contribution >= 0.6 is 0 Å². The molecular weight excluding hydrogens is 284 g/mol. The molecule has 1 aliphatic rings. The van der Waals surface area contributed by atoms with Gasteiger partial charge in [0, 0.05) is 33.2 Å². The van der Waals surface area contributed by atoms with Gasteiger partial charge in [-0.1, -0.05) is 0 Å². The highest BCUT2D eigenvalue weighted by Gasteiger charge is 2.23. The second-order valence-electron chi connectivity index (χ2n) is 5.47. The molecule has 1 saturated heterocycles. The SMILES string of the molecule is CCNC(=NCCOCCOC)N1CCCC(CC(N)=O)C1. The summed E-state index contributed by atoms with van der Waals surface area (Å²) in [4.78, 5) is 17.9. The van der Waals surface area contributed by atoms with Gasteiger partial charge in [0.2, 0.25) is 5.91 Å². The number of nitrogens with zero attached hydrogens (tertiary/aromatic N) is 2. The van der Waals surface area contributed by atoms with Gasteiger partial charge in [-0.25, -0.2) is 0 Å². The van der Waals surface area contributed by atoms with Crippen LogP contribution in [0, 0.1) is 5.92 Å². The molecule has 0 aromatic carbocycles. The zero-order chi connectivity index (χ0) is 16.2. The molecule has 1 rings (SSSR count). The van der Waals surface area contributed by atoms with E-state index in [1.54, 1.807) is 7.11 Å². The number of rotatable bonds is 9. The van der Waals surface area contributed by atoms with Gasteiger partial charge in [-0.15, -0.1) is 0 Å². The first-order chi connectivity index (χ1) is 10.7. The molecule has 1 unspecified atom stereocenters. The molecule has 22 heavy (non-hydrogen) atoms. The molecule has 1 amide bonds. The summed E-state index contributed by atoms with van der Waals surface area (Å²) < 4.78 is 10.4. The number of likely N-dealkylation sites (tertiary alicyclic amines) is 1. The number of hydrogen-bond donors (Lipinski definition) is 2. The van der Waals surface area contributed by atoms with Crippen LogP contribution in [0.4, 0.5) is 0 Å². The van der Waals surface area contributed by atoms with Crippen molar-refractivity contribution in [3.63, 3.8) is 0 Å². The summed E-state index contributed by atoms with van der Waals surface area (Å²) in [5.41, 5.74) is 5.31. The van der Waals surface area contributed by atoms with Crippen molar-refractivity contribution in [2.75, 3.05) is 53.1 Å². The minimum atomic E-state index is -0.222. The number of nitrogens with two attached hydrogens (primary N) is 1. The molecule has 0 saturated carbocycles. The molecule has 128 valence electrons. The van der Waals surface area contributed by atoms with E-state index in [4.69, 9.17) is 15.2 Å². The maximum Gasteiger partial charge on any atom is 0.217 e. The number of piperidine rings is 1. The maximum atomic E-state index is 11.1. The van der Waals surface area contributed by atoms with E-state index >= 15 is 0 Å². The van der Waals surface area contributed by atoms with E-state index in [-0.39, 0.29) is 5.91 Å². The molecule has 3 N–H and O–H groups in total. The number of ether oxygens (including phenoxy) is 2. The summed E-state index contributed by atoms with van der Waals surface area (Å²) in [5, 5.41) is 3.31. The average molecular weight is 314 g/mol. The summed E-state index contributed by atoms with van der Waals surface area (Å²) in [6, 6.07) is 0. The fourth-order valence-corrected chi connectivity index (χ4v) is 2.59. The minimum Gasteiger partial charge on any atom is -0.382 e. The second kappa shape index (κ2) is 11.3. The van der Waals surface area contributed by atoms with Gasteiger partial charge in [0.05, 0.1) is 26.4 Å². The van der Waals surface area contributed by atoms with E-state index in [9.17, 15) is 4.79 Å². The van der Waals surface area contributed by atoms with Crippen LogP contribution in [0.5, 0.6) is 0 Å². The second-order valence-corrected chi connectivity index (χ2v) is 5.47. The molecule has 1 fully saturated rings. The number of guanidine groups is 1. The number of methoxy groups -OCH3 is 1. The van der Waals surface area contributed by atoms with Crippen molar-refractivity contribution in [1.29, 1.82) is 0 Å². The number of carbonyl (C=O) groups excluding carboxylic acids is 1. The average Bonchev–Trinajstić information content (AvgIpc) is 2.49. The van der Waals surface area contributed by atoms with Gasteiger partial charge in [-0.3, -0.25) is 9.79 Å². The summed E-state index contributed by atoms with van der Waals surface area (Å²) in [5.74, 6) is 1.00. The van der Waals surface area contributed by atoms with Crippen molar-refractivity contribution in [3.8, 4) is 0 Å². The largest absolute Gasteiger partial charge is 0.382 e. The van der Waals surface area contributed by atoms with E-state index < -0.39 is 0 Å². The Kier molecular flexibility index (Phi) is 9.57. The maximum absolute atomic E-state index is 11.1. The van der Waals surface area contributed by atoms with Gasteiger partial charge >= 0.3 is 0 Å². The Morgan fingerprint density at radius 3 is 2.91 bits per heavy atom. The molecule has 1 heterocycles. The lowest BCUT2D eigenvalue weighted by Gasteiger charge is -2.34. The summed E-state index contributed by atoms with van der Waals surface area (Å²) in [6.45, 7) is 7.05. The number of primary amides is 1.